The Bertz CT molecular complexity index is 560. The molecule has 2 aliphatic rings. The normalized spacial score (nSPS) is 22.4. The lowest BCUT2D eigenvalue weighted by molar-refractivity contribution is 0.0606. The number of hydrogen-bond donors (Lipinski definition) is 0. The van der Waals surface area contributed by atoms with Gasteiger partial charge in [-0.15, -0.1) is 0 Å². The Hall–Kier alpha value is -2.17. The van der Waals surface area contributed by atoms with Crippen LogP contribution in [0.15, 0.2) is 29.3 Å². The summed E-state index contributed by atoms with van der Waals surface area (Å²) in [6, 6.07) is 6.54. The van der Waals surface area contributed by atoms with E-state index in [0.717, 1.165) is 12.8 Å². The highest BCUT2D eigenvalue weighted by molar-refractivity contribution is 6.22. The SMILES string of the molecule is COC1=NCCCC[C@H]1N1C(=O)c2ccccc2C1=O. The van der Waals surface area contributed by atoms with Crippen molar-refractivity contribution >= 4 is 17.7 Å². The van der Waals surface area contributed by atoms with E-state index < -0.39 is 0 Å². The molecule has 5 nitrogen and oxygen atoms in total. The molecule has 5 heteroatoms. The minimum absolute atomic E-state index is 0.248. The van der Waals surface area contributed by atoms with Crippen LogP contribution in [0.5, 0.6) is 0 Å². The first-order valence-electron chi connectivity index (χ1n) is 6.79. The summed E-state index contributed by atoms with van der Waals surface area (Å²) in [5.41, 5.74) is 0.939. The first-order chi connectivity index (χ1) is 9.74. The summed E-state index contributed by atoms with van der Waals surface area (Å²) in [4.78, 5) is 30.6. The minimum atomic E-state index is -0.380. The summed E-state index contributed by atoms with van der Waals surface area (Å²) in [5.74, 6) is -0.0125. The second-order valence-corrected chi connectivity index (χ2v) is 4.96. The molecule has 1 aromatic carbocycles. The van der Waals surface area contributed by atoms with E-state index in [1.165, 1.54) is 12.0 Å². The van der Waals surface area contributed by atoms with Gasteiger partial charge in [0.1, 0.15) is 6.04 Å². The van der Waals surface area contributed by atoms with Crippen molar-refractivity contribution in [2.45, 2.75) is 25.3 Å². The van der Waals surface area contributed by atoms with Gasteiger partial charge in [-0.05, 0) is 31.4 Å². The number of imide groups is 1. The van der Waals surface area contributed by atoms with E-state index in [1.54, 1.807) is 24.3 Å². The molecule has 1 atom stereocenters. The molecule has 2 aliphatic heterocycles. The van der Waals surface area contributed by atoms with Gasteiger partial charge in [-0.2, -0.15) is 0 Å². The highest BCUT2D eigenvalue weighted by Crippen LogP contribution is 2.27. The summed E-state index contributed by atoms with van der Waals surface area (Å²) >= 11 is 0. The molecule has 2 amide bonds. The molecule has 0 saturated carbocycles. The van der Waals surface area contributed by atoms with Gasteiger partial charge in [0.05, 0.1) is 18.2 Å². The molecule has 0 unspecified atom stereocenters. The van der Waals surface area contributed by atoms with Crippen LogP contribution in [0.2, 0.25) is 0 Å². The molecule has 0 N–H and O–H groups in total. The summed E-state index contributed by atoms with van der Waals surface area (Å²) in [6.45, 7) is 0.683. The van der Waals surface area contributed by atoms with Crippen LogP contribution >= 0.6 is 0 Å². The quantitative estimate of drug-likeness (QED) is 0.733. The van der Waals surface area contributed by atoms with Crippen LogP contribution in [-0.4, -0.2) is 42.3 Å². The van der Waals surface area contributed by atoms with Crippen molar-refractivity contribution in [3.05, 3.63) is 35.4 Å². The molecule has 0 saturated heterocycles. The third-order valence-electron chi connectivity index (χ3n) is 3.78. The zero-order valence-electron chi connectivity index (χ0n) is 11.3. The number of benzene rings is 1. The second-order valence-electron chi connectivity index (χ2n) is 4.96. The van der Waals surface area contributed by atoms with Gasteiger partial charge in [0.25, 0.3) is 11.8 Å². The predicted octanol–water partition coefficient (Wildman–Crippen LogP) is 1.88. The minimum Gasteiger partial charge on any atom is -0.483 e. The monoisotopic (exact) mass is 272 g/mol. The molecule has 0 fully saturated rings. The maximum Gasteiger partial charge on any atom is 0.262 e. The van der Waals surface area contributed by atoms with E-state index in [1.807, 2.05) is 0 Å². The molecule has 0 spiro atoms. The number of aliphatic imine (C=N–C) groups is 1. The first-order valence-corrected chi connectivity index (χ1v) is 6.79. The van der Waals surface area contributed by atoms with Gasteiger partial charge in [0, 0.05) is 6.54 Å². The molecule has 3 rings (SSSR count). The van der Waals surface area contributed by atoms with E-state index in [4.69, 9.17) is 4.74 Å². The maximum absolute atomic E-state index is 12.5. The van der Waals surface area contributed by atoms with Crippen LogP contribution in [0, 0.1) is 0 Å². The second kappa shape index (κ2) is 5.07. The van der Waals surface area contributed by atoms with E-state index in [-0.39, 0.29) is 17.9 Å². The van der Waals surface area contributed by atoms with E-state index in [0.29, 0.717) is 30.0 Å². The van der Waals surface area contributed by atoms with Gasteiger partial charge in [0.15, 0.2) is 0 Å². The molecule has 0 aliphatic carbocycles. The van der Waals surface area contributed by atoms with Gasteiger partial charge in [-0.25, -0.2) is 0 Å². The van der Waals surface area contributed by atoms with Crippen molar-refractivity contribution in [1.29, 1.82) is 0 Å². The van der Waals surface area contributed by atoms with Crippen molar-refractivity contribution in [3.63, 3.8) is 0 Å². The van der Waals surface area contributed by atoms with Crippen molar-refractivity contribution in [1.82, 2.24) is 4.90 Å². The fourth-order valence-electron chi connectivity index (χ4n) is 2.80. The standard InChI is InChI=1S/C15H16N2O3/c1-20-13-12(8-4-5-9-16-13)17-14(18)10-6-2-3-7-11(10)15(17)19/h2-3,6-7,12H,4-5,8-9H2,1H3/t12-/m1/s1. The number of carbonyl (C=O) groups is 2. The number of rotatable bonds is 1. The van der Waals surface area contributed by atoms with Crippen LogP contribution in [0.4, 0.5) is 0 Å². The highest BCUT2D eigenvalue weighted by Gasteiger charge is 2.42. The number of carbonyl (C=O) groups excluding carboxylic acids is 2. The fourth-order valence-corrected chi connectivity index (χ4v) is 2.80. The number of methoxy groups -OCH3 is 1. The van der Waals surface area contributed by atoms with Gasteiger partial charge in [-0.1, -0.05) is 12.1 Å². The van der Waals surface area contributed by atoms with Gasteiger partial charge in [0.2, 0.25) is 5.90 Å². The van der Waals surface area contributed by atoms with Crippen LogP contribution < -0.4 is 0 Å². The predicted molar refractivity (Wildman–Crippen MR) is 73.9 cm³/mol. The molecule has 104 valence electrons. The molecule has 0 aromatic heterocycles. The zero-order chi connectivity index (χ0) is 14.1. The molecule has 1 aromatic rings. The topological polar surface area (TPSA) is 59.0 Å². The zero-order valence-corrected chi connectivity index (χ0v) is 11.3. The Morgan fingerprint density at radius 3 is 2.40 bits per heavy atom. The third-order valence-corrected chi connectivity index (χ3v) is 3.78. The number of nitrogens with zero attached hydrogens (tertiary/aromatic N) is 2. The molecule has 0 bridgehead atoms. The van der Waals surface area contributed by atoms with Crippen molar-refractivity contribution in [2.75, 3.05) is 13.7 Å². The number of ether oxygens (including phenoxy) is 1. The number of fused-ring (bicyclic) bond motifs is 1. The Labute approximate surface area is 117 Å². The van der Waals surface area contributed by atoms with Crippen LogP contribution in [0.25, 0.3) is 0 Å². The van der Waals surface area contributed by atoms with Gasteiger partial charge < -0.3 is 4.74 Å². The summed E-state index contributed by atoms with van der Waals surface area (Å²) < 4.78 is 5.30. The average Bonchev–Trinajstić information content (AvgIpc) is 2.65. The van der Waals surface area contributed by atoms with E-state index >= 15 is 0 Å². The first kappa shape index (κ1) is 12.8. The lowest BCUT2D eigenvalue weighted by atomic mass is 10.1. The van der Waals surface area contributed by atoms with Crippen molar-refractivity contribution < 1.29 is 14.3 Å². The molecule has 0 radical (unpaired) electrons. The average molecular weight is 272 g/mol. The Morgan fingerprint density at radius 2 is 1.80 bits per heavy atom. The summed E-state index contributed by atoms with van der Waals surface area (Å²) in [7, 11) is 1.54. The lowest BCUT2D eigenvalue weighted by Gasteiger charge is -2.25. The smallest absolute Gasteiger partial charge is 0.262 e. The summed E-state index contributed by atoms with van der Waals surface area (Å²) in [5, 5.41) is 0. The van der Waals surface area contributed by atoms with E-state index in [2.05, 4.69) is 4.99 Å². The molecular formula is C15H16N2O3. The molecule has 2 heterocycles. The fraction of sp³-hybridized carbons (Fsp3) is 0.400. The van der Waals surface area contributed by atoms with Crippen molar-refractivity contribution in [2.24, 2.45) is 4.99 Å². The molecular weight excluding hydrogens is 256 g/mol. The summed E-state index contributed by atoms with van der Waals surface area (Å²) in [6.07, 6.45) is 2.58. The maximum atomic E-state index is 12.5. The Kier molecular flexibility index (Phi) is 3.26. The van der Waals surface area contributed by atoms with Gasteiger partial charge >= 0.3 is 0 Å². The Morgan fingerprint density at radius 1 is 1.15 bits per heavy atom. The van der Waals surface area contributed by atoms with E-state index in [9.17, 15) is 9.59 Å². The Balaban J connectivity index is 1.99. The van der Waals surface area contributed by atoms with Crippen molar-refractivity contribution in [3.8, 4) is 0 Å². The van der Waals surface area contributed by atoms with Crippen LogP contribution in [-0.2, 0) is 4.74 Å². The van der Waals surface area contributed by atoms with Crippen LogP contribution in [0.1, 0.15) is 40.0 Å². The molecule has 20 heavy (non-hydrogen) atoms. The third kappa shape index (κ3) is 1.90. The number of amides is 2. The van der Waals surface area contributed by atoms with Gasteiger partial charge in [-0.3, -0.25) is 19.5 Å². The number of hydrogen-bond acceptors (Lipinski definition) is 4. The highest BCUT2D eigenvalue weighted by atomic mass is 16.5. The largest absolute Gasteiger partial charge is 0.483 e. The lowest BCUT2D eigenvalue weighted by Crippen LogP contribution is -2.45. The van der Waals surface area contributed by atoms with Crippen LogP contribution in [0.3, 0.4) is 0 Å².